The summed E-state index contributed by atoms with van der Waals surface area (Å²) in [6.07, 6.45) is -0.855. The smallest absolute Gasteiger partial charge is 0.407 e. The molecule has 9 heteroatoms. The lowest BCUT2D eigenvalue weighted by Gasteiger charge is -2.27. The van der Waals surface area contributed by atoms with Gasteiger partial charge in [-0.05, 0) is 27.7 Å². The Hall–Kier alpha value is -3.49. The Morgan fingerprint density at radius 1 is 1.03 bits per heavy atom. The average Bonchev–Trinajstić information content (AvgIpc) is 3.20. The lowest BCUT2D eigenvalue weighted by Crippen LogP contribution is -2.50. The van der Waals surface area contributed by atoms with Crippen LogP contribution in [0.25, 0.3) is 11.1 Å². The van der Waals surface area contributed by atoms with Crippen LogP contribution >= 0.6 is 0 Å². The highest BCUT2D eigenvalue weighted by Gasteiger charge is 2.72. The number of hydrogen-bond acceptors (Lipinski definition) is 4. The molecule has 4 rings (SSSR count). The first-order chi connectivity index (χ1) is 16.4. The summed E-state index contributed by atoms with van der Waals surface area (Å²) in [6, 6.07) is 14.3. The molecular weight excluding hydrogens is 458 g/mol. The molecule has 0 heterocycles. The van der Waals surface area contributed by atoms with Gasteiger partial charge in [0.1, 0.15) is 18.6 Å². The van der Waals surface area contributed by atoms with Gasteiger partial charge in [0, 0.05) is 12.5 Å². The van der Waals surface area contributed by atoms with Gasteiger partial charge in [0.15, 0.2) is 0 Å². The largest absolute Gasteiger partial charge is 0.480 e. The summed E-state index contributed by atoms with van der Waals surface area (Å²) in [4.78, 5) is 36.1. The summed E-state index contributed by atoms with van der Waals surface area (Å²) in [5.41, 5.74) is 3.33. The number of benzene rings is 2. The molecule has 7 nitrogen and oxygen atoms in total. The van der Waals surface area contributed by atoms with Gasteiger partial charge in [0.25, 0.3) is 5.92 Å². The Labute approximate surface area is 201 Å². The maximum absolute atomic E-state index is 14.3. The molecule has 3 atom stereocenters. The Bertz CT molecular complexity index is 1110. The number of fused-ring (bicyclic) bond motifs is 3. The minimum atomic E-state index is -3.35. The highest BCUT2D eigenvalue weighted by Crippen LogP contribution is 2.55. The molecule has 0 aromatic heterocycles. The summed E-state index contributed by atoms with van der Waals surface area (Å²) >= 11 is 0. The van der Waals surface area contributed by atoms with Crippen LogP contribution in [-0.2, 0) is 14.3 Å². The number of alkyl carbamates (subject to hydrolysis) is 1. The number of carbonyl (C=O) groups excluding carboxylic acids is 2. The van der Waals surface area contributed by atoms with E-state index in [1.807, 2.05) is 48.5 Å². The maximum Gasteiger partial charge on any atom is 0.407 e. The van der Waals surface area contributed by atoms with Gasteiger partial charge in [-0.15, -0.1) is 0 Å². The summed E-state index contributed by atoms with van der Waals surface area (Å²) in [5, 5.41) is 13.9. The van der Waals surface area contributed by atoms with Crippen LogP contribution in [0.2, 0.25) is 0 Å². The van der Waals surface area contributed by atoms with Crippen molar-refractivity contribution in [3.05, 3.63) is 59.7 Å². The highest BCUT2D eigenvalue weighted by molar-refractivity contribution is 5.88. The van der Waals surface area contributed by atoms with E-state index in [4.69, 9.17) is 4.74 Å². The van der Waals surface area contributed by atoms with Crippen molar-refractivity contribution < 1.29 is 33.0 Å². The first-order valence-corrected chi connectivity index (χ1v) is 11.4. The van der Waals surface area contributed by atoms with E-state index in [0.717, 1.165) is 22.3 Å². The second-order valence-corrected chi connectivity index (χ2v) is 10.1. The topological polar surface area (TPSA) is 105 Å². The summed E-state index contributed by atoms with van der Waals surface area (Å²) < 4.78 is 33.9. The van der Waals surface area contributed by atoms with Gasteiger partial charge in [0.2, 0.25) is 5.91 Å². The third kappa shape index (κ3) is 4.72. The van der Waals surface area contributed by atoms with Crippen LogP contribution in [0, 0.1) is 17.3 Å². The number of carboxylic acid groups (broad SMARTS) is 1. The third-order valence-electron chi connectivity index (χ3n) is 6.69. The molecule has 2 aromatic carbocycles. The number of hydrogen-bond donors (Lipinski definition) is 3. The van der Waals surface area contributed by atoms with Crippen LogP contribution in [0.1, 0.15) is 37.8 Å². The number of amides is 2. The third-order valence-corrected chi connectivity index (χ3v) is 6.69. The van der Waals surface area contributed by atoms with Gasteiger partial charge < -0.3 is 20.5 Å². The van der Waals surface area contributed by atoms with E-state index in [-0.39, 0.29) is 12.5 Å². The Kier molecular flexibility index (Phi) is 6.29. The number of alkyl halides is 2. The van der Waals surface area contributed by atoms with E-state index in [0.29, 0.717) is 0 Å². The molecule has 0 unspecified atom stereocenters. The summed E-state index contributed by atoms with van der Waals surface area (Å²) in [7, 11) is 0. The van der Waals surface area contributed by atoms with Crippen molar-refractivity contribution >= 4 is 18.0 Å². The number of carbonyl (C=O) groups is 3. The number of aliphatic carboxylic acids is 1. The van der Waals surface area contributed by atoms with E-state index in [1.54, 1.807) is 20.8 Å². The Morgan fingerprint density at radius 2 is 1.57 bits per heavy atom. The molecule has 0 saturated heterocycles. The lowest BCUT2D eigenvalue weighted by atomic mass is 9.86. The van der Waals surface area contributed by atoms with Crippen LogP contribution < -0.4 is 10.6 Å². The van der Waals surface area contributed by atoms with Crippen LogP contribution in [-0.4, -0.2) is 48.2 Å². The Morgan fingerprint density at radius 3 is 2.09 bits per heavy atom. The summed E-state index contributed by atoms with van der Waals surface area (Å²) in [5.74, 6) is -9.00. The van der Waals surface area contributed by atoms with Crippen LogP contribution in [0.5, 0.6) is 0 Å². The van der Waals surface area contributed by atoms with E-state index in [1.165, 1.54) is 0 Å². The van der Waals surface area contributed by atoms with Crippen molar-refractivity contribution in [3.8, 4) is 11.1 Å². The SMILES string of the molecule is CC(C)(C)[C@H](NC(=O)[C@@H]1[C@H](CNC(=O)OCC2c3ccccc3-c3ccccc32)C1(F)F)C(=O)O. The zero-order chi connectivity index (χ0) is 25.5. The van der Waals surface area contributed by atoms with E-state index >= 15 is 0 Å². The van der Waals surface area contributed by atoms with Crippen molar-refractivity contribution in [2.75, 3.05) is 13.2 Å². The molecule has 2 aromatic rings. The van der Waals surface area contributed by atoms with Crippen molar-refractivity contribution in [1.82, 2.24) is 10.6 Å². The van der Waals surface area contributed by atoms with Crippen LogP contribution in [0.15, 0.2) is 48.5 Å². The predicted octanol–water partition coefficient (Wildman–Crippen LogP) is 4.02. The first kappa shape index (κ1) is 24.6. The molecule has 2 aliphatic carbocycles. The fourth-order valence-corrected chi connectivity index (χ4v) is 4.73. The molecule has 2 amide bonds. The van der Waals surface area contributed by atoms with E-state index in [2.05, 4.69) is 10.6 Å². The van der Waals surface area contributed by atoms with Gasteiger partial charge in [-0.3, -0.25) is 4.79 Å². The van der Waals surface area contributed by atoms with E-state index < -0.39 is 53.7 Å². The second kappa shape index (κ2) is 8.94. The minimum Gasteiger partial charge on any atom is -0.480 e. The molecule has 1 saturated carbocycles. The average molecular weight is 487 g/mol. The minimum absolute atomic E-state index is 0.0384. The monoisotopic (exact) mass is 486 g/mol. The normalized spacial score (nSPS) is 20.8. The van der Waals surface area contributed by atoms with Gasteiger partial charge in [-0.1, -0.05) is 69.3 Å². The number of rotatable bonds is 7. The molecule has 2 aliphatic rings. The zero-order valence-corrected chi connectivity index (χ0v) is 19.7. The van der Waals surface area contributed by atoms with Crippen LogP contribution in [0.4, 0.5) is 13.6 Å². The van der Waals surface area contributed by atoms with Gasteiger partial charge in [0.05, 0.1) is 5.92 Å². The molecule has 0 aliphatic heterocycles. The zero-order valence-electron chi connectivity index (χ0n) is 19.7. The number of nitrogens with one attached hydrogen (secondary N) is 2. The van der Waals surface area contributed by atoms with Gasteiger partial charge >= 0.3 is 12.1 Å². The fraction of sp³-hybridized carbons (Fsp3) is 0.423. The molecule has 35 heavy (non-hydrogen) atoms. The quantitative estimate of drug-likeness (QED) is 0.548. The number of carboxylic acids is 1. The van der Waals surface area contributed by atoms with Gasteiger partial charge in [-0.25, -0.2) is 18.4 Å². The fourth-order valence-electron chi connectivity index (χ4n) is 4.73. The maximum atomic E-state index is 14.3. The standard InChI is InChI=1S/C26H28F2N2O5/c1-25(2,3)21(23(32)33)30-22(31)20-19(26(20,27)28)12-29-24(34)35-13-18-16-10-6-4-8-14(16)15-9-5-7-11-17(15)18/h4-11,18-21H,12-13H2,1-3H3,(H,29,34)(H,30,31)(H,32,33)/t19-,20-,21+/m0/s1. The first-order valence-electron chi connectivity index (χ1n) is 11.4. The van der Waals surface area contributed by atoms with Gasteiger partial charge in [-0.2, -0.15) is 0 Å². The molecule has 1 fully saturated rings. The second-order valence-electron chi connectivity index (χ2n) is 10.1. The highest BCUT2D eigenvalue weighted by atomic mass is 19.3. The van der Waals surface area contributed by atoms with E-state index in [9.17, 15) is 28.3 Å². The van der Waals surface area contributed by atoms with Crippen molar-refractivity contribution in [1.29, 1.82) is 0 Å². The summed E-state index contributed by atoms with van der Waals surface area (Å²) in [6.45, 7) is 4.35. The van der Waals surface area contributed by atoms with Crippen molar-refractivity contribution in [2.24, 2.45) is 17.3 Å². The molecule has 0 bridgehead atoms. The van der Waals surface area contributed by atoms with Crippen LogP contribution in [0.3, 0.4) is 0 Å². The predicted molar refractivity (Wildman–Crippen MR) is 124 cm³/mol. The Balaban J connectivity index is 1.32. The van der Waals surface area contributed by atoms with Crippen molar-refractivity contribution in [3.63, 3.8) is 0 Å². The lowest BCUT2D eigenvalue weighted by molar-refractivity contribution is -0.145. The molecule has 0 radical (unpaired) electrons. The van der Waals surface area contributed by atoms with Crippen molar-refractivity contribution in [2.45, 2.75) is 38.7 Å². The molecular formula is C26H28F2N2O5. The molecule has 0 spiro atoms. The molecule has 3 N–H and O–H groups in total. The molecule has 186 valence electrons. The number of halogens is 2. The number of ether oxygens (including phenoxy) is 1.